The van der Waals surface area contributed by atoms with Gasteiger partial charge in [-0.3, -0.25) is 9.35 Å². The lowest BCUT2D eigenvalue weighted by Crippen LogP contribution is -2.66. The van der Waals surface area contributed by atoms with Crippen molar-refractivity contribution in [3.63, 3.8) is 0 Å². The fourth-order valence-electron chi connectivity index (χ4n) is 6.00. The van der Waals surface area contributed by atoms with Gasteiger partial charge in [0.2, 0.25) is 0 Å². The van der Waals surface area contributed by atoms with E-state index >= 15 is 0 Å². The Kier molecular flexibility index (Phi) is 21.3. The number of ether oxygens (including phenoxy) is 4. The Hall–Kier alpha value is -4.14. The van der Waals surface area contributed by atoms with E-state index < -0.39 is 40.7 Å². The van der Waals surface area contributed by atoms with Crippen LogP contribution in [-0.2, 0) is 62.9 Å². The Morgan fingerprint density at radius 1 is 0.655 bits per heavy atom. The number of ketones is 1. The lowest BCUT2D eigenvalue weighted by atomic mass is 9.89. The van der Waals surface area contributed by atoms with Gasteiger partial charge in [-0.25, -0.2) is 13.8 Å². The van der Waals surface area contributed by atoms with Crippen LogP contribution in [0.4, 0.5) is 4.79 Å². The van der Waals surface area contributed by atoms with E-state index in [4.69, 9.17) is 23.1 Å². The first-order chi connectivity index (χ1) is 26.6. The predicted octanol–water partition coefficient (Wildman–Crippen LogP) is 8.43. The second kappa shape index (κ2) is 25.8. The van der Waals surface area contributed by atoms with E-state index in [1.807, 2.05) is 36.4 Å². The molecule has 0 spiro atoms. The quantitative estimate of drug-likeness (QED) is 0.0301. The van der Waals surface area contributed by atoms with Crippen LogP contribution in [-0.4, -0.2) is 55.9 Å². The van der Waals surface area contributed by atoms with E-state index in [1.54, 1.807) is 54.6 Å². The average molecular weight is 784 g/mol. The lowest BCUT2D eigenvalue weighted by Gasteiger charge is -2.37. The summed E-state index contributed by atoms with van der Waals surface area (Å²) in [7, 11) is -5.16. The van der Waals surface area contributed by atoms with Gasteiger partial charge < -0.3 is 24.3 Å². The van der Waals surface area contributed by atoms with Gasteiger partial charge in [0.25, 0.3) is 0 Å². The van der Waals surface area contributed by atoms with Crippen molar-refractivity contribution in [2.45, 2.75) is 122 Å². The zero-order valence-corrected chi connectivity index (χ0v) is 32.7. The molecule has 0 aliphatic carbocycles. The summed E-state index contributed by atoms with van der Waals surface area (Å²) in [4.78, 5) is 39.9. The number of rotatable bonds is 29. The Balaban J connectivity index is 1.76. The lowest BCUT2D eigenvalue weighted by molar-refractivity contribution is -0.166. The van der Waals surface area contributed by atoms with Crippen LogP contribution in [0.3, 0.4) is 0 Å². The number of amides is 1. The monoisotopic (exact) mass is 783 g/mol. The van der Waals surface area contributed by atoms with Crippen molar-refractivity contribution in [3.8, 4) is 0 Å². The molecule has 0 unspecified atom stereocenters. The largest absolute Gasteiger partial charge is 0.459 e. The molecule has 3 rings (SSSR count). The van der Waals surface area contributed by atoms with E-state index in [9.17, 15) is 27.4 Å². The SMILES string of the molecule is CCCCCCC(=O)CCCCCCCC[C@@H](OS(=O)(=O)O)[C@](COCOCc1ccccc1)(NC(=O)OCc1ccccc1)C(=O)OCc1ccccc1. The van der Waals surface area contributed by atoms with Crippen LogP contribution < -0.4 is 5.32 Å². The average Bonchev–Trinajstić information content (AvgIpc) is 3.18. The molecule has 0 heterocycles. The number of hydrogen-bond donors (Lipinski definition) is 2. The van der Waals surface area contributed by atoms with Crippen molar-refractivity contribution in [3.05, 3.63) is 108 Å². The molecule has 0 aromatic heterocycles. The molecule has 55 heavy (non-hydrogen) atoms. The van der Waals surface area contributed by atoms with Crippen LogP contribution in [0.2, 0.25) is 0 Å². The minimum atomic E-state index is -5.16. The molecule has 3 aromatic rings. The van der Waals surface area contributed by atoms with Gasteiger partial charge in [0, 0.05) is 12.8 Å². The molecule has 1 amide bonds. The summed E-state index contributed by atoms with van der Waals surface area (Å²) >= 11 is 0. The third kappa shape index (κ3) is 18.8. The Bertz CT molecular complexity index is 1620. The van der Waals surface area contributed by atoms with Crippen molar-refractivity contribution >= 4 is 28.2 Å². The van der Waals surface area contributed by atoms with Crippen LogP contribution in [0.25, 0.3) is 0 Å². The molecule has 2 N–H and O–H groups in total. The topological polar surface area (TPSA) is 164 Å². The third-order valence-electron chi connectivity index (χ3n) is 8.99. The molecule has 0 fully saturated rings. The zero-order chi connectivity index (χ0) is 39.6. The Labute approximate surface area is 326 Å². The van der Waals surface area contributed by atoms with Crippen molar-refractivity contribution in [2.75, 3.05) is 13.4 Å². The predicted molar refractivity (Wildman–Crippen MR) is 208 cm³/mol. The summed E-state index contributed by atoms with van der Waals surface area (Å²) in [6.07, 6.45) is 6.90. The van der Waals surface area contributed by atoms with E-state index in [0.717, 1.165) is 56.9 Å². The Morgan fingerprint density at radius 3 is 1.69 bits per heavy atom. The molecule has 13 heteroatoms. The van der Waals surface area contributed by atoms with Crippen LogP contribution in [0.5, 0.6) is 0 Å². The third-order valence-corrected chi connectivity index (χ3v) is 9.47. The summed E-state index contributed by atoms with van der Waals surface area (Å²) < 4.78 is 62.4. The molecular weight excluding hydrogens is 727 g/mol. The molecule has 0 saturated heterocycles. The minimum Gasteiger partial charge on any atom is -0.459 e. The number of nitrogens with one attached hydrogen (secondary N) is 1. The van der Waals surface area contributed by atoms with E-state index in [-0.39, 0.29) is 33.0 Å². The van der Waals surface area contributed by atoms with Crippen molar-refractivity contribution < 1.29 is 50.5 Å². The van der Waals surface area contributed by atoms with Gasteiger partial charge in [0.1, 0.15) is 31.9 Å². The minimum absolute atomic E-state index is 0.0936. The summed E-state index contributed by atoms with van der Waals surface area (Å²) in [6, 6.07) is 27.0. The number of esters is 1. The maximum absolute atomic E-state index is 14.2. The summed E-state index contributed by atoms with van der Waals surface area (Å²) in [5.74, 6) is -0.775. The number of benzene rings is 3. The van der Waals surface area contributed by atoms with Gasteiger partial charge in [0.15, 0.2) is 5.54 Å². The molecule has 3 aromatic carbocycles. The molecule has 12 nitrogen and oxygen atoms in total. The molecule has 0 aliphatic heterocycles. The van der Waals surface area contributed by atoms with Gasteiger partial charge in [-0.05, 0) is 36.0 Å². The molecule has 0 radical (unpaired) electrons. The van der Waals surface area contributed by atoms with E-state index in [0.29, 0.717) is 42.6 Å². The molecular formula is C42H57NO11S. The first kappa shape index (κ1) is 45.3. The highest BCUT2D eigenvalue weighted by Crippen LogP contribution is 2.26. The standard InChI is InChI=1S/C42H57NO11S/c1-2-3-4-18-27-38(44)28-19-7-5-6-8-20-29-39(54-55(47,48)49)42(40(45)52-31-36-23-14-10-15-24-36,33-51-34-50-30-35-21-12-9-13-22-35)43-41(46)53-32-37-25-16-11-17-26-37/h9-17,21-26,39H,2-8,18-20,27-34H2,1H3,(H,43,46)(H,47,48,49)/t39-,42+/m1/s1. The first-order valence-corrected chi connectivity index (χ1v) is 20.5. The number of carbonyl (C=O) groups excluding carboxylic acids is 3. The van der Waals surface area contributed by atoms with Crippen molar-refractivity contribution in [2.24, 2.45) is 0 Å². The fourth-order valence-corrected chi connectivity index (χ4v) is 6.55. The van der Waals surface area contributed by atoms with Crippen molar-refractivity contribution in [1.82, 2.24) is 5.32 Å². The van der Waals surface area contributed by atoms with Crippen LogP contribution >= 0.6 is 0 Å². The van der Waals surface area contributed by atoms with Crippen molar-refractivity contribution in [1.29, 1.82) is 0 Å². The van der Waals surface area contributed by atoms with Gasteiger partial charge in [-0.1, -0.05) is 149 Å². The molecule has 0 saturated carbocycles. The summed E-state index contributed by atoms with van der Waals surface area (Å²) in [5.41, 5.74) is -0.147. The molecule has 2 atom stereocenters. The van der Waals surface area contributed by atoms with Gasteiger partial charge >= 0.3 is 22.5 Å². The van der Waals surface area contributed by atoms with E-state index in [2.05, 4.69) is 12.2 Å². The highest BCUT2D eigenvalue weighted by atomic mass is 32.3. The number of Topliss-reactive ketones (excluding diaryl/α,β-unsaturated/α-hetero) is 1. The summed E-state index contributed by atoms with van der Waals surface area (Å²) in [6.45, 7) is 0.952. The second-order valence-electron chi connectivity index (χ2n) is 13.5. The highest BCUT2D eigenvalue weighted by Gasteiger charge is 2.52. The van der Waals surface area contributed by atoms with Gasteiger partial charge in [-0.2, -0.15) is 8.42 Å². The zero-order valence-electron chi connectivity index (χ0n) is 31.9. The fraction of sp³-hybridized carbons (Fsp3) is 0.500. The first-order valence-electron chi connectivity index (χ1n) is 19.2. The van der Waals surface area contributed by atoms with E-state index in [1.165, 1.54) is 0 Å². The van der Waals surface area contributed by atoms with Crippen LogP contribution in [0, 0.1) is 0 Å². The van der Waals surface area contributed by atoms with Gasteiger partial charge in [0.05, 0.1) is 13.2 Å². The maximum atomic E-state index is 14.2. The number of hydrogen-bond acceptors (Lipinski definition) is 10. The smallest absolute Gasteiger partial charge is 0.408 e. The molecule has 0 aliphatic rings. The molecule has 0 bridgehead atoms. The number of alkyl carbamates (subject to hydrolysis) is 1. The second-order valence-corrected chi connectivity index (χ2v) is 14.6. The normalized spacial score (nSPS) is 13.1. The molecule has 302 valence electrons. The highest BCUT2D eigenvalue weighted by molar-refractivity contribution is 7.80. The number of unbranched alkanes of at least 4 members (excludes halogenated alkanes) is 8. The van der Waals surface area contributed by atoms with Gasteiger partial charge in [-0.15, -0.1) is 0 Å². The summed E-state index contributed by atoms with van der Waals surface area (Å²) in [5, 5.41) is 2.52. The van der Waals surface area contributed by atoms with Crippen LogP contribution in [0.15, 0.2) is 91.0 Å². The number of carbonyl (C=O) groups is 3. The van der Waals surface area contributed by atoms with Crippen LogP contribution in [0.1, 0.15) is 107 Å². The Morgan fingerprint density at radius 2 is 1.15 bits per heavy atom. The maximum Gasteiger partial charge on any atom is 0.408 e.